The highest BCUT2D eigenvalue weighted by Gasteiger charge is 2.26. The average molecular weight is 401 g/mol. The fourth-order valence-corrected chi connectivity index (χ4v) is 4.51. The van der Waals surface area contributed by atoms with Crippen molar-refractivity contribution >= 4 is 28.3 Å². The maximum atomic E-state index is 13.1. The number of likely N-dealkylation sites (tertiary alicyclic amines) is 1. The third kappa shape index (κ3) is 4.09. The summed E-state index contributed by atoms with van der Waals surface area (Å²) >= 11 is 0. The van der Waals surface area contributed by atoms with Gasteiger partial charge in [0.2, 0.25) is 0 Å². The molecular formula is C26H28N2O2. The van der Waals surface area contributed by atoms with Crippen molar-refractivity contribution < 1.29 is 9.59 Å². The molecule has 154 valence electrons. The first-order valence-corrected chi connectivity index (χ1v) is 10.6. The van der Waals surface area contributed by atoms with Crippen LogP contribution in [0.2, 0.25) is 0 Å². The van der Waals surface area contributed by atoms with Crippen LogP contribution in [-0.2, 0) is 0 Å². The summed E-state index contributed by atoms with van der Waals surface area (Å²) in [4.78, 5) is 28.1. The number of benzene rings is 3. The van der Waals surface area contributed by atoms with E-state index in [0.717, 1.165) is 35.8 Å². The Morgan fingerprint density at radius 2 is 1.63 bits per heavy atom. The minimum Gasteiger partial charge on any atom is -0.338 e. The molecule has 0 radical (unpaired) electrons. The van der Waals surface area contributed by atoms with E-state index in [9.17, 15) is 9.59 Å². The zero-order valence-corrected chi connectivity index (χ0v) is 17.8. The number of nitrogens with one attached hydrogen (secondary N) is 1. The fourth-order valence-electron chi connectivity index (χ4n) is 4.51. The standard InChI is InChI=1S/C26H28N2O2/c1-17-13-18(2)16-28(15-17)26(30)21-12-11-19(3)24(14-21)27-25(29)23-10-6-8-20-7-4-5-9-22(20)23/h4-12,14,17-18H,13,15-16H2,1-3H3,(H,27,29). The molecule has 0 bridgehead atoms. The summed E-state index contributed by atoms with van der Waals surface area (Å²) < 4.78 is 0. The lowest BCUT2D eigenvalue weighted by Crippen LogP contribution is -2.42. The topological polar surface area (TPSA) is 49.4 Å². The number of rotatable bonds is 3. The predicted octanol–water partition coefficient (Wildman–Crippen LogP) is 5.52. The van der Waals surface area contributed by atoms with Crippen LogP contribution in [0.25, 0.3) is 10.8 Å². The quantitative estimate of drug-likeness (QED) is 0.629. The number of anilines is 1. The van der Waals surface area contributed by atoms with Crippen molar-refractivity contribution in [3.8, 4) is 0 Å². The van der Waals surface area contributed by atoms with Crippen LogP contribution in [0.1, 0.15) is 46.5 Å². The number of nitrogens with zero attached hydrogens (tertiary/aromatic N) is 1. The van der Waals surface area contributed by atoms with E-state index >= 15 is 0 Å². The smallest absolute Gasteiger partial charge is 0.256 e. The summed E-state index contributed by atoms with van der Waals surface area (Å²) in [5, 5.41) is 4.97. The van der Waals surface area contributed by atoms with Gasteiger partial charge in [-0.15, -0.1) is 0 Å². The number of fused-ring (bicyclic) bond motifs is 1. The summed E-state index contributed by atoms with van der Waals surface area (Å²) in [6.45, 7) is 7.91. The van der Waals surface area contributed by atoms with Gasteiger partial charge in [-0.1, -0.05) is 56.3 Å². The number of carbonyl (C=O) groups excluding carboxylic acids is 2. The molecule has 0 aromatic heterocycles. The molecule has 0 spiro atoms. The number of aryl methyl sites for hydroxylation is 1. The number of hydrogen-bond donors (Lipinski definition) is 1. The van der Waals surface area contributed by atoms with E-state index in [1.54, 1.807) is 0 Å². The van der Waals surface area contributed by atoms with Crippen molar-refractivity contribution in [2.24, 2.45) is 11.8 Å². The normalized spacial score (nSPS) is 19.0. The van der Waals surface area contributed by atoms with Gasteiger partial charge in [-0.3, -0.25) is 9.59 Å². The summed E-state index contributed by atoms with van der Waals surface area (Å²) in [6.07, 6.45) is 1.16. The Morgan fingerprint density at radius 3 is 2.40 bits per heavy atom. The van der Waals surface area contributed by atoms with Crippen LogP contribution in [0.4, 0.5) is 5.69 Å². The van der Waals surface area contributed by atoms with Gasteiger partial charge in [0.05, 0.1) is 0 Å². The second-order valence-corrected chi connectivity index (χ2v) is 8.67. The van der Waals surface area contributed by atoms with Gasteiger partial charge in [0.15, 0.2) is 0 Å². The van der Waals surface area contributed by atoms with Gasteiger partial charge in [0.1, 0.15) is 0 Å². The molecule has 2 atom stereocenters. The molecule has 2 amide bonds. The van der Waals surface area contributed by atoms with Crippen molar-refractivity contribution in [1.29, 1.82) is 0 Å². The lowest BCUT2D eigenvalue weighted by molar-refractivity contribution is 0.0623. The van der Waals surface area contributed by atoms with Gasteiger partial charge in [-0.05, 0) is 59.7 Å². The van der Waals surface area contributed by atoms with Gasteiger partial charge in [-0.25, -0.2) is 0 Å². The molecule has 4 nitrogen and oxygen atoms in total. The molecule has 1 heterocycles. The molecule has 4 heteroatoms. The molecular weight excluding hydrogens is 372 g/mol. The van der Waals surface area contributed by atoms with E-state index in [1.165, 1.54) is 0 Å². The van der Waals surface area contributed by atoms with E-state index in [4.69, 9.17) is 0 Å². The molecule has 1 N–H and O–H groups in total. The Hall–Kier alpha value is -3.14. The van der Waals surface area contributed by atoms with Gasteiger partial charge in [0, 0.05) is 29.9 Å². The summed E-state index contributed by atoms with van der Waals surface area (Å²) in [7, 11) is 0. The molecule has 1 aliphatic heterocycles. The van der Waals surface area contributed by atoms with Crippen molar-refractivity contribution in [3.63, 3.8) is 0 Å². The number of carbonyl (C=O) groups is 2. The molecule has 1 fully saturated rings. The minimum atomic E-state index is -0.167. The maximum Gasteiger partial charge on any atom is 0.256 e. The second-order valence-electron chi connectivity index (χ2n) is 8.67. The van der Waals surface area contributed by atoms with Crippen LogP contribution < -0.4 is 5.32 Å². The van der Waals surface area contributed by atoms with Crippen LogP contribution in [-0.4, -0.2) is 29.8 Å². The molecule has 4 rings (SSSR count). The lowest BCUT2D eigenvalue weighted by atomic mass is 9.91. The van der Waals surface area contributed by atoms with Crippen LogP contribution >= 0.6 is 0 Å². The first kappa shape index (κ1) is 20.1. The van der Waals surface area contributed by atoms with Gasteiger partial charge in [0.25, 0.3) is 11.8 Å². The van der Waals surface area contributed by atoms with Crippen molar-refractivity contribution in [1.82, 2.24) is 4.90 Å². The van der Waals surface area contributed by atoms with E-state index in [0.29, 0.717) is 28.7 Å². The highest BCUT2D eigenvalue weighted by Crippen LogP contribution is 2.25. The van der Waals surface area contributed by atoms with Crippen molar-refractivity contribution in [2.45, 2.75) is 27.2 Å². The molecule has 1 saturated heterocycles. The molecule has 0 aliphatic carbocycles. The highest BCUT2D eigenvalue weighted by molar-refractivity contribution is 6.13. The Labute approximate surface area is 177 Å². The SMILES string of the molecule is Cc1ccc(C(=O)N2CC(C)CC(C)C2)cc1NC(=O)c1cccc2ccccc12. The second kappa shape index (κ2) is 8.31. The van der Waals surface area contributed by atoms with Crippen molar-refractivity contribution in [3.05, 3.63) is 77.4 Å². The molecule has 3 aromatic rings. The maximum absolute atomic E-state index is 13.1. The average Bonchev–Trinajstić information content (AvgIpc) is 2.73. The third-order valence-corrected chi connectivity index (χ3v) is 5.92. The van der Waals surface area contributed by atoms with Crippen LogP contribution in [0.5, 0.6) is 0 Å². The summed E-state index contributed by atoms with van der Waals surface area (Å²) in [5.41, 5.74) is 2.86. The Balaban J connectivity index is 1.59. The molecule has 0 saturated carbocycles. The van der Waals surface area contributed by atoms with Gasteiger partial charge in [-0.2, -0.15) is 0 Å². The largest absolute Gasteiger partial charge is 0.338 e. The number of amides is 2. The lowest BCUT2D eigenvalue weighted by Gasteiger charge is -2.35. The summed E-state index contributed by atoms with van der Waals surface area (Å²) in [6, 6.07) is 19.1. The van der Waals surface area contributed by atoms with E-state index in [2.05, 4.69) is 19.2 Å². The number of piperidine rings is 1. The number of hydrogen-bond acceptors (Lipinski definition) is 2. The van der Waals surface area contributed by atoms with E-state index in [1.807, 2.05) is 72.5 Å². The molecule has 3 aromatic carbocycles. The monoisotopic (exact) mass is 400 g/mol. The van der Waals surface area contributed by atoms with E-state index in [-0.39, 0.29) is 11.8 Å². The Bertz CT molecular complexity index is 1090. The summed E-state index contributed by atoms with van der Waals surface area (Å²) in [5.74, 6) is 0.885. The van der Waals surface area contributed by atoms with Crippen LogP contribution in [0.3, 0.4) is 0 Å². The first-order valence-electron chi connectivity index (χ1n) is 10.6. The minimum absolute atomic E-state index is 0.0362. The molecule has 1 aliphatic rings. The third-order valence-electron chi connectivity index (χ3n) is 5.92. The Kier molecular flexibility index (Phi) is 5.58. The first-order chi connectivity index (χ1) is 14.4. The predicted molar refractivity (Wildman–Crippen MR) is 122 cm³/mol. The molecule has 2 unspecified atom stereocenters. The van der Waals surface area contributed by atoms with E-state index < -0.39 is 0 Å². The zero-order valence-electron chi connectivity index (χ0n) is 17.8. The molecule has 30 heavy (non-hydrogen) atoms. The Morgan fingerprint density at radius 1 is 0.933 bits per heavy atom. The van der Waals surface area contributed by atoms with Crippen molar-refractivity contribution in [2.75, 3.05) is 18.4 Å². The van der Waals surface area contributed by atoms with Crippen LogP contribution in [0, 0.1) is 18.8 Å². The van der Waals surface area contributed by atoms with Gasteiger partial charge < -0.3 is 10.2 Å². The highest BCUT2D eigenvalue weighted by atomic mass is 16.2. The fraction of sp³-hybridized carbons (Fsp3) is 0.308. The van der Waals surface area contributed by atoms with Crippen LogP contribution in [0.15, 0.2) is 60.7 Å². The van der Waals surface area contributed by atoms with Gasteiger partial charge >= 0.3 is 0 Å². The zero-order chi connectivity index (χ0) is 21.3.